The fraction of sp³-hybridized carbons (Fsp3) is 0.414. The largest absolute Gasteiger partial charge is 0.453 e. The Labute approximate surface area is 229 Å². The number of halogens is 1. The Morgan fingerprint density at radius 1 is 1.08 bits per heavy atom. The summed E-state index contributed by atoms with van der Waals surface area (Å²) in [6.07, 6.45) is 10.3. The molecule has 0 unspecified atom stereocenters. The summed E-state index contributed by atoms with van der Waals surface area (Å²) in [6, 6.07) is 8.32. The molecule has 4 heterocycles. The van der Waals surface area contributed by atoms with Gasteiger partial charge in [0.05, 0.1) is 27.8 Å². The zero-order valence-electron chi connectivity index (χ0n) is 21.6. The predicted octanol–water partition coefficient (Wildman–Crippen LogP) is 5.80. The van der Waals surface area contributed by atoms with Gasteiger partial charge in [-0.05, 0) is 61.8 Å². The number of piperidine rings is 1. The molecule has 3 aromatic heterocycles. The SMILES string of the molecule is O=C(Cc1ccc(Oc2ccnc3cc(-c4cn(CCC(=O)N5CCCCC5)nn4)sc23)c(F)c1)CC1CC1. The van der Waals surface area contributed by atoms with Crippen molar-refractivity contribution in [2.45, 2.75) is 57.9 Å². The zero-order chi connectivity index (χ0) is 26.8. The maximum atomic E-state index is 14.9. The normalized spacial score (nSPS) is 15.6. The number of hydrogen-bond donors (Lipinski definition) is 0. The highest BCUT2D eigenvalue weighted by molar-refractivity contribution is 7.22. The van der Waals surface area contributed by atoms with Gasteiger partial charge in [0, 0.05) is 44.6 Å². The van der Waals surface area contributed by atoms with Crippen LogP contribution in [0.1, 0.15) is 50.5 Å². The number of Topliss-reactive ketones (excluding diaryl/α,β-unsaturated/α-hetero) is 1. The average molecular weight is 548 g/mol. The highest BCUT2D eigenvalue weighted by Gasteiger charge is 2.24. The third-order valence-corrected chi connectivity index (χ3v) is 8.42. The van der Waals surface area contributed by atoms with E-state index in [0.717, 1.165) is 48.3 Å². The number of hydrogen-bond acceptors (Lipinski definition) is 7. The molecule has 39 heavy (non-hydrogen) atoms. The van der Waals surface area contributed by atoms with Crippen molar-refractivity contribution in [2.24, 2.45) is 5.92 Å². The van der Waals surface area contributed by atoms with Crippen LogP contribution in [0.25, 0.3) is 20.8 Å². The number of nitrogens with zero attached hydrogens (tertiary/aromatic N) is 5. The number of rotatable bonds is 10. The summed E-state index contributed by atoms with van der Waals surface area (Å²) in [4.78, 5) is 31.9. The van der Waals surface area contributed by atoms with Crippen LogP contribution >= 0.6 is 11.3 Å². The molecule has 0 bridgehead atoms. The van der Waals surface area contributed by atoms with Gasteiger partial charge in [-0.2, -0.15) is 0 Å². The molecule has 4 aromatic rings. The minimum absolute atomic E-state index is 0.0974. The second-order valence-electron chi connectivity index (χ2n) is 10.4. The van der Waals surface area contributed by atoms with Crippen molar-refractivity contribution in [1.29, 1.82) is 0 Å². The van der Waals surface area contributed by atoms with Crippen molar-refractivity contribution < 1.29 is 18.7 Å². The molecule has 0 N–H and O–H groups in total. The molecule has 1 aromatic carbocycles. The van der Waals surface area contributed by atoms with Gasteiger partial charge in [-0.15, -0.1) is 16.4 Å². The molecule has 0 radical (unpaired) electrons. The number of aromatic nitrogens is 4. The minimum atomic E-state index is -0.504. The Kier molecular flexibility index (Phi) is 7.36. The van der Waals surface area contributed by atoms with E-state index < -0.39 is 5.82 Å². The fourth-order valence-corrected chi connectivity index (χ4v) is 5.97. The first-order valence-corrected chi connectivity index (χ1v) is 14.4. The zero-order valence-corrected chi connectivity index (χ0v) is 22.5. The summed E-state index contributed by atoms with van der Waals surface area (Å²) in [5.41, 5.74) is 2.05. The first-order valence-electron chi connectivity index (χ1n) is 13.6. The lowest BCUT2D eigenvalue weighted by atomic mass is 10.0. The molecule has 8 nitrogen and oxygen atoms in total. The van der Waals surface area contributed by atoms with Crippen molar-refractivity contribution in [2.75, 3.05) is 13.1 Å². The van der Waals surface area contributed by atoms with Crippen LogP contribution in [0.5, 0.6) is 11.5 Å². The molecule has 1 saturated carbocycles. The number of thiophene rings is 1. The van der Waals surface area contributed by atoms with E-state index in [1.165, 1.54) is 23.8 Å². The molecule has 1 aliphatic carbocycles. The van der Waals surface area contributed by atoms with Crippen LogP contribution in [0.15, 0.2) is 42.7 Å². The van der Waals surface area contributed by atoms with E-state index in [9.17, 15) is 14.0 Å². The number of ketones is 1. The first-order chi connectivity index (χ1) is 19.0. The summed E-state index contributed by atoms with van der Waals surface area (Å²) in [6.45, 7) is 2.16. The number of aryl methyl sites for hydroxylation is 1. The second kappa shape index (κ2) is 11.2. The van der Waals surface area contributed by atoms with E-state index in [0.29, 0.717) is 47.8 Å². The van der Waals surface area contributed by atoms with Gasteiger partial charge in [0.1, 0.15) is 17.2 Å². The van der Waals surface area contributed by atoms with E-state index in [2.05, 4.69) is 15.3 Å². The molecule has 2 fully saturated rings. The topological polar surface area (TPSA) is 90.2 Å². The second-order valence-corrected chi connectivity index (χ2v) is 11.5. The van der Waals surface area contributed by atoms with Gasteiger partial charge in [-0.25, -0.2) is 4.39 Å². The number of carbonyl (C=O) groups is 2. The van der Waals surface area contributed by atoms with E-state index in [1.807, 2.05) is 17.2 Å². The Hall–Kier alpha value is -3.66. The van der Waals surface area contributed by atoms with Crippen LogP contribution in [0.4, 0.5) is 4.39 Å². The number of fused-ring (bicyclic) bond motifs is 1. The van der Waals surface area contributed by atoms with Crippen LogP contribution in [0.3, 0.4) is 0 Å². The monoisotopic (exact) mass is 547 g/mol. The van der Waals surface area contributed by atoms with Crippen molar-refractivity contribution in [3.63, 3.8) is 0 Å². The van der Waals surface area contributed by atoms with Gasteiger partial charge < -0.3 is 9.64 Å². The summed E-state index contributed by atoms with van der Waals surface area (Å²) in [5, 5.41) is 8.50. The van der Waals surface area contributed by atoms with Gasteiger partial charge in [-0.1, -0.05) is 11.3 Å². The van der Waals surface area contributed by atoms with Crippen molar-refractivity contribution in [3.8, 4) is 22.1 Å². The molecular weight excluding hydrogens is 517 g/mol. The van der Waals surface area contributed by atoms with Gasteiger partial charge in [-0.3, -0.25) is 19.3 Å². The highest BCUT2D eigenvalue weighted by Crippen LogP contribution is 2.39. The fourth-order valence-electron chi connectivity index (χ4n) is 4.95. The maximum absolute atomic E-state index is 14.9. The van der Waals surface area contributed by atoms with Crippen LogP contribution in [-0.2, 0) is 22.6 Å². The quantitative estimate of drug-likeness (QED) is 0.249. The van der Waals surface area contributed by atoms with Gasteiger partial charge in [0.25, 0.3) is 0 Å². The van der Waals surface area contributed by atoms with Gasteiger partial charge in [0.15, 0.2) is 11.6 Å². The smallest absolute Gasteiger partial charge is 0.224 e. The summed E-state index contributed by atoms with van der Waals surface area (Å²) in [7, 11) is 0. The Morgan fingerprint density at radius 2 is 1.92 bits per heavy atom. The standard InChI is InChI=1S/C29H30FN5O3S/c30-22-16-20(15-21(36)14-19-4-5-19)6-7-25(22)38-26-8-10-31-23-17-27(39-29(23)26)24-18-35(33-32-24)13-9-28(37)34-11-2-1-3-12-34/h6-8,10,16-19H,1-5,9,11-15H2. The van der Waals surface area contributed by atoms with Gasteiger partial charge >= 0.3 is 0 Å². The van der Waals surface area contributed by atoms with Crippen molar-refractivity contribution in [3.05, 3.63) is 54.1 Å². The van der Waals surface area contributed by atoms with E-state index >= 15 is 0 Å². The van der Waals surface area contributed by atoms with E-state index in [4.69, 9.17) is 4.74 Å². The Morgan fingerprint density at radius 3 is 2.72 bits per heavy atom. The Bertz CT molecular complexity index is 1510. The molecule has 0 spiro atoms. The number of carbonyl (C=O) groups excluding carboxylic acids is 2. The van der Waals surface area contributed by atoms with Crippen LogP contribution < -0.4 is 4.74 Å². The van der Waals surface area contributed by atoms with Crippen LogP contribution in [-0.4, -0.2) is 49.7 Å². The van der Waals surface area contributed by atoms with E-state index in [1.54, 1.807) is 29.1 Å². The third-order valence-electron chi connectivity index (χ3n) is 7.26. The van der Waals surface area contributed by atoms with Crippen LogP contribution in [0, 0.1) is 11.7 Å². The third kappa shape index (κ3) is 6.16. The summed E-state index contributed by atoms with van der Waals surface area (Å²) < 4.78 is 23.3. The lowest BCUT2D eigenvalue weighted by Crippen LogP contribution is -2.36. The minimum Gasteiger partial charge on any atom is -0.453 e. The molecule has 0 atom stereocenters. The molecule has 1 aliphatic heterocycles. The Balaban J connectivity index is 1.13. The molecule has 6 rings (SSSR count). The molecule has 1 amide bonds. The molecule has 202 valence electrons. The average Bonchev–Trinajstić information content (AvgIpc) is 3.43. The number of ether oxygens (including phenoxy) is 1. The lowest BCUT2D eigenvalue weighted by molar-refractivity contribution is -0.132. The summed E-state index contributed by atoms with van der Waals surface area (Å²) >= 11 is 1.44. The first kappa shape index (κ1) is 25.6. The maximum Gasteiger partial charge on any atom is 0.224 e. The number of likely N-dealkylation sites (tertiary alicyclic amines) is 1. The summed E-state index contributed by atoms with van der Waals surface area (Å²) in [5.74, 6) is 0.915. The lowest BCUT2D eigenvalue weighted by Gasteiger charge is -2.26. The van der Waals surface area contributed by atoms with E-state index in [-0.39, 0.29) is 23.9 Å². The highest BCUT2D eigenvalue weighted by atomic mass is 32.1. The molecule has 2 aliphatic rings. The van der Waals surface area contributed by atoms with Gasteiger partial charge in [0.2, 0.25) is 5.91 Å². The molecular formula is C29H30FN5O3S. The number of benzene rings is 1. The van der Waals surface area contributed by atoms with Crippen LogP contribution in [0.2, 0.25) is 0 Å². The number of amides is 1. The molecule has 10 heteroatoms. The number of pyridine rings is 1. The molecule has 1 saturated heterocycles. The van der Waals surface area contributed by atoms with Crippen molar-refractivity contribution >= 4 is 33.2 Å². The predicted molar refractivity (Wildman–Crippen MR) is 146 cm³/mol. The van der Waals surface area contributed by atoms with Crippen molar-refractivity contribution in [1.82, 2.24) is 24.9 Å².